The molecule has 0 aromatic rings. The maximum atomic E-state index is 12.0. The molecule has 1 aliphatic carbocycles. The molecule has 128 valence electrons. The van der Waals surface area contributed by atoms with Crippen molar-refractivity contribution in [3.8, 4) is 0 Å². The Labute approximate surface area is 137 Å². The van der Waals surface area contributed by atoms with Crippen LogP contribution in [0.4, 0.5) is 0 Å². The quantitative estimate of drug-likeness (QED) is 0.406. The maximum absolute atomic E-state index is 12.0. The molecular formula is C18H26O5. The van der Waals surface area contributed by atoms with Gasteiger partial charge in [-0.3, -0.25) is 9.59 Å². The number of hydrogen-bond acceptors (Lipinski definition) is 5. The summed E-state index contributed by atoms with van der Waals surface area (Å²) in [5.74, 6) is -0.838. The van der Waals surface area contributed by atoms with Gasteiger partial charge in [0, 0.05) is 6.42 Å². The zero-order valence-corrected chi connectivity index (χ0v) is 13.6. The number of aliphatic hydroxyl groups excluding tert-OH is 1. The summed E-state index contributed by atoms with van der Waals surface area (Å²) in [6.07, 6.45) is 10.00. The minimum absolute atomic E-state index is 0.00482. The minimum Gasteiger partial charge on any atom is -0.462 e. The third kappa shape index (κ3) is 4.75. The van der Waals surface area contributed by atoms with Crippen LogP contribution in [0.5, 0.6) is 0 Å². The van der Waals surface area contributed by atoms with Gasteiger partial charge in [0.25, 0.3) is 0 Å². The van der Waals surface area contributed by atoms with Crippen LogP contribution in [0.3, 0.4) is 0 Å². The van der Waals surface area contributed by atoms with Crippen molar-refractivity contribution >= 4 is 11.8 Å². The van der Waals surface area contributed by atoms with Gasteiger partial charge in [-0.05, 0) is 51.2 Å². The number of aliphatic hydroxyl groups is 2. The van der Waals surface area contributed by atoms with Crippen LogP contribution in [0.25, 0.3) is 0 Å². The van der Waals surface area contributed by atoms with Crippen LogP contribution in [0.15, 0.2) is 24.3 Å². The van der Waals surface area contributed by atoms with Gasteiger partial charge in [0.05, 0.1) is 17.6 Å². The second-order valence-corrected chi connectivity index (χ2v) is 6.50. The molecule has 4 unspecified atom stereocenters. The summed E-state index contributed by atoms with van der Waals surface area (Å²) in [6, 6.07) is 0. The number of rotatable bonds is 8. The number of esters is 1. The molecule has 0 spiro atoms. The highest BCUT2D eigenvalue weighted by Gasteiger charge is 2.42. The molecule has 0 amide bonds. The second-order valence-electron chi connectivity index (χ2n) is 6.50. The fraction of sp³-hybridized carbons (Fsp3) is 0.667. The molecule has 4 atom stereocenters. The molecule has 1 fully saturated rings. The first-order valence-electron chi connectivity index (χ1n) is 8.40. The van der Waals surface area contributed by atoms with E-state index >= 15 is 0 Å². The van der Waals surface area contributed by atoms with E-state index < -0.39 is 17.6 Å². The smallest absolute Gasteiger partial charge is 0.306 e. The first-order valence-corrected chi connectivity index (χ1v) is 8.40. The number of ether oxygens (including phenoxy) is 1. The lowest BCUT2D eigenvalue weighted by Crippen LogP contribution is -2.38. The molecule has 0 aromatic heterocycles. The first kappa shape index (κ1) is 17.9. The van der Waals surface area contributed by atoms with Gasteiger partial charge in [-0.2, -0.15) is 0 Å². The standard InChI is InChI=1S/C18H26O5/c1-2-5-13(19)12-15-16(20)9-11-18(15,22)10-4-3-6-14-7-8-17(21)23-14/h2,5,9,11,13-15,19,22H,3-4,6-8,10,12H2,1H3. The van der Waals surface area contributed by atoms with Crippen LogP contribution < -0.4 is 0 Å². The Bertz CT molecular complexity index is 496. The molecule has 2 N–H and O–H groups in total. The largest absolute Gasteiger partial charge is 0.462 e. The molecular weight excluding hydrogens is 296 g/mol. The molecule has 5 heteroatoms. The Morgan fingerprint density at radius 2 is 2.22 bits per heavy atom. The third-order valence-electron chi connectivity index (χ3n) is 4.70. The summed E-state index contributed by atoms with van der Waals surface area (Å²) in [5.41, 5.74) is -1.17. The number of allylic oxidation sites excluding steroid dienone is 2. The van der Waals surface area contributed by atoms with E-state index in [0.717, 1.165) is 25.7 Å². The molecule has 2 rings (SSSR count). The van der Waals surface area contributed by atoms with E-state index in [-0.39, 0.29) is 24.3 Å². The maximum Gasteiger partial charge on any atom is 0.306 e. The van der Waals surface area contributed by atoms with Crippen molar-refractivity contribution in [1.29, 1.82) is 0 Å². The first-order chi connectivity index (χ1) is 10.9. The Balaban J connectivity index is 1.80. The summed E-state index contributed by atoms with van der Waals surface area (Å²) in [7, 11) is 0. The lowest BCUT2D eigenvalue weighted by molar-refractivity contribution is -0.141. The van der Waals surface area contributed by atoms with Crippen LogP contribution in [-0.4, -0.2) is 39.8 Å². The van der Waals surface area contributed by atoms with Gasteiger partial charge >= 0.3 is 5.97 Å². The van der Waals surface area contributed by atoms with E-state index in [4.69, 9.17) is 4.74 Å². The van der Waals surface area contributed by atoms with Crippen LogP contribution >= 0.6 is 0 Å². The SMILES string of the molecule is CC=CC(O)CC1C(=O)C=CC1(O)CCCCC1CCC(=O)O1. The topological polar surface area (TPSA) is 83.8 Å². The average molecular weight is 322 g/mol. The van der Waals surface area contributed by atoms with Crippen molar-refractivity contribution in [3.05, 3.63) is 24.3 Å². The molecule has 0 aromatic carbocycles. The number of hydrogen-bond donors (Lipinski definition) is 2. The molecule has 1 aliphatic heterocycles. The zero-order valence-electron chi connectivity index (χ0n) is 13.6. The molecule has 1 heterocycles. The molecule has 0 bridgehead atoms. The Morgan fingerprint density at radius 3 is 2.87 bits per heavy atom. The summed E-state index contributed by atoms with van der Waals surface area (Å²) in [5, 5.41) is 20.6. The highest BCUT2D eigenvalue weighted by Crippen LogP contribution is 2.35. The number of cyclic esters (lactones) is 1. The van der Waals surface area contributed by atoms with Crippen molar-refractivity contribution in [2.45, 2.75) is 69.7 Å². The highest BCUT2D eigenvalue weighted by atomic mass is 16.5. The van der Waals surface area contributed by atoms with Crippen LogP contribution in [0.2, 0.25) is 0 Å². The van der Waals surface area contributed by atoms with Gasteiger partial charge < -0.3 is 14.9 Å². The van der Waals surface area contributed by atoms with Gasteiger partial charge in [0.15, 0.2) is 5.78 Å². The van der Waals surface area contributed by atoms with Crippen molar-refractivity contribution < 1.29 is 24.5 Å². The van der Waals surface area contributed by atoms with E-state index in [1.165, 1.54) is 6.08 Å². The van der Waals surface area contributed by atoms with Crippen LogP contribution in [0.1, 0.15) is 51.9 Å². The Kier molecular flexibility index (Phi) is 6.13. The summed E-state index contributed by atoms with van der Waals surface area (Å²) >= 11 is 0. The zero-order chi connectivity index (χ0) is 16.9. The fourth-order valence-corrected chi connectivity index (χ4v) is 3.39. The number of carbonyl (C=O) groups excluding carboxylic acids is 2. The molecule has 0 saturated carbocycles. The van der Waals surface area contributed by atoms with Crippen molar-refractivity contribution in [3.63, 3.8) is 0 Å². The molecule has 2 aliphatic rings. The highest BCUT2D eigenvalue weighted by molar-refractivity contribution is 5.96. The lowest BCUT2D eigenvalue weighted by atomic mass is 9.81. The predicted octanol–water partition coefficient (Wildman–Crippen LogP) is 2.07. The summed E-state index contributed by atoms with van der Waals surface area (Å²) < 4.78 is 5.17. The van der Waals surface area contributed by atoms with Crippen LogP contribution in [-0.2, 0) is 14.3 Å². The molecule has 5 nitrogen and oxygen atoms in total. The van der Waals surface area contributed by atoms with Crippen molar-refractivity contribution in [2.24, 2.45) is 5.92 Å². The lowest BCUT2D eigenvalue weighted by Gasteiger charge is -2.29. The van der Waals surface area contributed by atoms with Gasteiger partial charge in [-0.25, -0.2) is 0 Å². The Morgan fingerprint density at radius 1 is 1.43 bits per heavy atom. The summed E-state index contributed by atoms with van der Waals surface area (Å²) in [4.78, 5) is 23.0. The van der Waals surface area contributed by atoms with E-state index in [0.29, 0.717) is 12.8 Å². The van der Waals surface area contributed by atoms with Crippen molar-refractivity contribution in [1.82, 2.24) is 0 Å². The van der Waals surface area contributed by atoms with E-state index in [9.17, 15) is 19.8 Å². The summed E-state index contributed by atoms with van der Waals surface area (Å²) in [6.45, 7) is 1.81. The molecule has 23 heavy (non-hydrogen) atoms. The van der Waals surface area contributed by atoms with Gasteiger partial charge in [-0.15, -0.1) is 0 Å². The molecule has 0 radical (unpaired) electrons. The van der Waals surface area contributed by atoms with E-state index in [2.05, 4.69) is 0 Å². The number of unbranched alkanes of at least 4 members (excludes halogenated alkanes) is 1. The van der Waals surface area contributed by atoms with E-state index in [1.807, 2.05) is 0 Å². The van der Waals surface area contributed by atoms with Gasteiger partial charge in [0.2, 0.25) is 0 Å². The van der Waals surface area contributed by atoms with Crippen LogP contribution in [0, 0.1) is 5.92 Å². The number of carbonyl (C=O) groups is 2. The minimum atomic E-state index is -1.17. The third-order valence-corrected chi connectivity index (χ3v) is 4.70. The van der Waals surface area contributed by atoms with E-state index in [1.54, 1.807) is 25.2 Å². The second kappa shape index (κ2) is 7.88. The van der Waals surface area contributed by atoms with Gasteiger partial charge in [-0.1, -0.05) is 18.6 Å². The molecule has 1 saturated heterocycles. The Hall–Kier alpha value is -1.46. The number of ketones is 1. The van der Waals surface area contributed by atoms with Crippen molar-refractivity contribution in [2.75, 3.05) is 0 Å². The monoisotopic (exact) mass is 322 g/mol. The average Bonchev–Trinajstić information content (AvgIpc) is 3.03. The predicted molar refractivity (Wildman–Crippen MR) is 85.6 cm³/mol. The normalized spacial score (nSPS) is 32.0. The van der Waals surface area contributed by atoms with Gasteiger partial charge in [0.1, 0.15) is 6.10 Å². The fourth-order valence-electron chi connectivity index (χ4n) is 3.39.